The molecule has 0 aliphatic carbocycles. The molecule has 0 aliphatic rings. The number of carbonyl (C=O) groups excluding carboxylic acids is 2. The Balaban J connectivity index is 2.14. The van der Waals surface area contributed by atoms with Crippen LogP contribution in [0.2, 0.25) is 5.02 Å². The second-order valence-corrected chi connectivity index (χ2v) is 6.65. The normalized spacial score (nSPS) is 12.2. The van der Waals surface area contributed by atoms with Crippen LogP contribution < -0.4 is 11.1 Å². The summed E-state index contributed by atoms with van der Waals surface area (Å²) in [5.41, 5.74) is 5.82. The minimum absolute atomic E-state index is 0.0307. The summed E-state index contributed by atoms with van der Waals surface area (Å²) in [7, 11) is 0. The highest BCUT2D eigenvalue weighted by atomic mass is 35.5. The van der Waals surface area contributed by atoms with Crippen LogP contribution in [-0.4, -0.2) is 32.4 Å². The average Bonchev–Trinajstić information content (AvgIpc) is 2.93. The van der Waals surface area contributed by atoms with E-state index in [-0.39, 0.29) is 5.92 Å². The number of H-pyrrole nitrogens is 1. The Morgan fingerprint density at radius 1 is 1.30 bits per heavy atom. The minimum atomic E-state index is -0.877. The number of nitrogens with two attached hydrogens (primary N) is 1. The molecule has 1 aromatic heterocycles. The third-order valence-corrected chi connectivity index (χ3v) is 4.58. The predicted molar refractivity (Wildman–Crippen MR) is 89.0 cm³/mol. The van der Waals surface area contributed by atoms with Gasteiger partial charge in [0.25, 0.3) is 0 Å². The monoisotopic (exact) mass is 353 g/mol. The summed E-state index contributed by atoms with van der Waals surface area (Å²) < 4.78 is 0. The second kappa shape index (κ2) is 7.47. The fourth-order valence-electron chi connectivity index (χ4n) is 1.83. The Bertz CT molecular complexity index is 701. The van der Waals surface area contributed by atoms with Crippen LogP contribution in [0.3, 0.4) is 0 Å². The fraction of sp³-hybridized carbons (Fsp3) is 0.286. The molecule has 7 nitrogen and oxygen atoms in total. The van der Waals surface area contributed by atoms with E-state index in [2.05, 4.69) is 20.5 Å². The summed E-state index contributed by atoms with van der Waals surface area (Å²) in [6, 6.07) is 6.26. The van der Waals surface area contributed by atoms with Crippen LogP contribution >= 0.6 is 23.4 Å². The number of aromatic amines is 1. The molecule has 0 saturated carbocycles. The maximum atomic E-state index is 12.0. The highest BCUT2D eigenvalue weighted by Crippen LogP contribution is 2.27. The first-order chi connectivity index (χ1) is 10.9. The molecule has 1 unspecified atom stereocenters. The number of rotatable bonds is 5. The summed E-state index contributed by atoms with van der Waals surface area (Å²) >= 11 is 7.02. The molecule has 23 heavy (non-hydrogen) atoms. The Labute approximate surface area is 142 Å². The fourth-order valence-corrected chi connectivity index (χ4v) is 2.87. The third kappa shape index (κ3) is 4.70. The van der Waals surface area contributed by atoms with E-state index >= 15 is 0 Å². The number of aromatic nitrogens is 3. The lowest BCUT2D eigenvalue weighted by molar-refractivity contribution is -0.120. The van der Waals surface area contributed by atoms with Gasteiger partial charge in [0.15, 0.2) is 5.82 Å². The summed E-state index contributed by atoms with van der Waals surface area (Å²) in [6.45, 7) is 3.73. The standard InChI is InChI=1S/C14H16ClN5O2S/c1-7(2)10(12(21)18-13(16)22)23-14-17-11(19-20-14)8-3-5-9(15)6-4-8/h3-7,10H,1-2H3,(H,17,19,20)(H3,16,18,21,22). The highest BCUT2D eigenvalue weighted by Gasteiger charge is 2.26. The van der Waals surface area contributed by atoms with Crippen molar-refractivity contribution in [2.24, 2.45) is 11.7 Å². The van der Waals surface area contributed by atoms with Crippen LogP contribution in [0, 0.1) is 5.92 Å². The van der Waals surface area contributed by atoms with E-state index in [0.29, 0.717) is 16.0 Å². The number of benzene rings is 1. The third-order valence-electron chi connectivity index (χ3n) is 2.93. The SMILES string of the molecule is CC(C)C(Sc1n[nH]c(-c2ccc(Cl)cc2)n1)C(=O)NC(N)=O. The van der Waals surface area contributed by atoms with Crippen molar-refractivity contribution in [1.29, 1.82) is 0 Å². The molecule has 0 saturated heterocycles. The molecule has 1 heterocycles. The second-order valence-electron chi connectivity index (χ2n) is 5.11. The largest absolute Gasteiger partial charge is 0.351 e. The number of carbonyl (C=O) groups is 2. The molecule has 1 aromatic carbocycles. The van der Waals surface area contributed by atoms with E-state index in [1.54, 1.807) is 12.1 Å². The van der Waals surface area contributed by atoms with Gasteiger partial charge in [0, 0.05) is 10.6 Å². The van der Waals surface area contributed by atoms with E-state index in [1.165, 1.54) is 11.8 Å². The van der Waals surface area contributed by atoms with Gasteiger partial charge in [-0.05, 0) is 30.2 Å². The molecule has 0 aliphatic heterocycles. The van der Waals surface area contributed by atoms with Crippen molar-refractivity contribution in [3.8, 4) is 11.4 Å². The number of amides is 3. The van der Waals surface area contributed by atoms with E-state index in [0.717, 1.165) is 5.56 Å². The number of halogens is 1. The maximum absolute atomic E-state index is 12.0. The van der Waals surface area contributed by atoms with Crippen LogP contribution in [0.25, 0.3) is 11.4 Å². The number of thioether (sulfide) groups is 1. The molecular formula is C14H16ClN5O2S. The molecule has 3 amide bonds. The van der Waals surface area contributed by atoms with Gasteiger partial charge in [-0.2, -0.15) is 0 Å². The molecule has 9 heteroatoms. The minimum Gasteiger partial charge on any atom is -0.351 e. The topological polar surface area (TPSA) is 114 Å². The van der Waals surface area contributed by atoms with Crippen molar-refractivity contribution >= 4 is 35.3 Å². The number of urea groups is 1. The van der Waals surface area contributed by atoms with Crippen LogP contribution in [0.4, 0.5) is 4.79 Å². The van der Waals surface area contributed by atoms with Gasteiger partial charge in [0.05, 0.1) is 5.25 Å². The molecule has 4 N–H and O–H groups in total. The van der Waals surface area contributed by atoms with E-state index in [4.69, 9.17) is 17.3 Å². The number of nitrogens with one attached hydrogen (secondary N) is 2. The first-order valence-electron chi connectivity index (χ1n) is 6.82. The number of hydrogen-bond acceptors (Lipinski definition) is 5. The first kappa shape index (κ1) is 17.3. The van der Waals surface area contributed by atoms with Gasteiger partial charge in [-0.25, -0.2) is 9.78 Å². The van der Waals surface area contributed by atoms with E-state index in [9.17, 15) is 9.59 Å². The summed E-state index contributed by atoms with van der Waals surface area (Å²) in [5, 5.41) is 9.51. The number of primary amides is 1. The zero-order chi connectivity index (χ0) is 17.0. The molecular weight excluding hydrogens is 338 g/mol. The van der Waals surface area contributed by atoms with E-state index < -0.39 is 17.2 Å². The van der Waals surface area contributed by atoms with Gasteiger partial charge in [-0.3, -0.25) is 15.2 Å². The van der Waals surface area contributed by atoms with Crippen LogP contribution in [0.5, 0.6) is 0 Å². The van der Waals surface area contributed by atoms with Crippen molar-refractivity contribution in [2.45, 2.75) is 24.3 Å². The van der Waals surface area contributed by atoms with Crippen molar-refractivity contribution in [3.63, 3.8) is 0 Å². The summed E-state index contributed by atoms with van der Waals surface area (Å²) in [6.07, 6.45) is 0. The first-order valence-corrected chi connectivity index (χ1v) is 8.08. The van der Waals surface area contributed by atoms with Crippen molar-refractivity contribution < 1.29 is 9.59 Å². The van der Waals surface area contributed by atoms with Gasteiger partial charge < -0.3 is 5.73 Å². The van der Waals surface area contributed by atoms with Crippen LogP contribution in [0.1, 0.15) is 13.8 Å². The lowest BCUT2D eigenvalue weighted by atomic mass is 10.1. The smallest absolute Gasteiger partial charge is 0.318 e. The maximum Gasteiger partial charge on any atom is 0.318 e. The predicted octanol–water partition coefficient (Wildman–Crippen LogP) is 2.44. The zero-order valence-electron chi connectivity index (χ0n) is 12.5. The van der Waals surface area contributed by atoms with Gasteiger partial charge in [0.2, 0.25) is 11.1 Å². The number of imide groups is 1. The Morgan fingerprint density at radius 3 is 2.52 bits per heavy atom. The molecule has 1 atom stereocenters. The number of hydrogen-bond donors (Lipinski definition) is 3. The van der Waals surface area contributed by atoms with Gasteiger partial charge >= 0.3 is 6.03 Å². The summed E-state index contributed by atoms with van der Waals surface area (Å²) in [4.78, 5) is 27.2. The van der Waals surface area contributed by atoms with Crippen LogP contribution in [-0.2, 0) is 4.79 Å². The van der Waals surface area contributed by atoms with Gasteiger partial charge in [-0.1, -0.05) is 37.2 Å². The molecule has 0 bridgehead atoms. The Kier molecular flexibility index (Phi) is 5.62. The quantitative estimate of drug-likeness (QED) is 0.714. The Morgan fingerprint density at radius 2 is 1.96 bits per heavy atom. The summed E-state index contributed by atoms with van der Waals surface area (Å²) in [5.74, 6) is 0.0779. The van der Waals surface area contributed by atoms with Crippen molar-refractivity contribution in [2.75, 3.05) is 0 Å². The van der Waals surface area contributed by atoms with E-state index in [1.807, 2.05) is 26.0 Å². The lowest BCUT2D eigenvalue weighted by Crippen LogP contribution is -2.42. The van der Waals surface area contributed by atoms with Crippen molar-refractivity contribution in [3.05, 3.63) is 29.3 Å². The molecule has 0 spiro atoms. The van der Waals surface area contributed by atoms with Gasteiger partial charge in [0.1, 0.15) is 0 Å². The lowest BCUT2D eigenvalue weighted by Gasteiger charge is -2.16. The van der Waals surface area contributed by atoms with Crippen LogP contribution in [0.15, 0.2) is 29.4 Å². The van der Waals surface area contributed by atoms with Gasteiger partial charge in [-0.15, -0.1) is 5.10 Å². The molecule has 122 valence electrons. The zero-order valence-corrected chi connectivity index (χ0v) is 14.1. The number of nitrogens with zero attached hydrogens (tertiary/aromatic N) is 2. The molecule has 2 aromatic rings. The Hall–Kier alpha value is -2.06. The average molecular weight is 354 g/mol. The molecule has 0 radical (unpaired) electrons. The molecule has 2 rings (SSSR count). The van der Waals surface area contributed by atoms with Crippen molar-refractivity contribution in [1.82, 2.24) is 20.5 Å². The highest BCUT2D eigenvalue weighted by molar-refractivity contribution is 8.00. The molecule has 0 fully saturated rings.